The van der Waals surface area contributed by atoms with Crippen LogP contribution in [-0.2, 0) is 14.3 Å². The molecule has 20 heavy (non-hydrogen) atoms. The molecule has 0 bridgehead atoms. The fourth-order valence-corrected chi connectivity index (χ4v) is 3.71. The number of ketones is 1. The highest BCUT2D eigenvalue weighted by atomic mass is 16.5. The summed E-state index contributed by atoms with van der Waals surface area (Å²) in [4.78, 5) is 26.4. The third-order valence-corrected chi connectivity index (χ3v) is 4.78. The largest absolute Gasteiger partial charge is 0.465 e. The van der Waals surface area contributed by atoms with Crippen LogP contribution in [0.2, 0.25) is 0 Å². The zero-order valence-electron chi connectivity index (χ0n) is 12.8. The van der Waals surface area contributed by atoms with Gasteiger partial charge in [-0.1, -0.05) is 12.8 Å². The van der Waals surface area contributed by atoms with Gasteiger partial charge in [0.05, 0.1) is 6.61 Å². The number of piperidine rings is 1. The van der Waals surface area contributed by atoms with Crippen LogP contribution >= 0.6 is 0 Å². The topological polar surface area (TPSA) is 46.6 Å². The molecule has 0 spiro atoms. The van der Waals surface area contributed by atoms with Crippen molar-refractivity contribution in [1.82, 2.24) is 4.90 Å². The first-order valence-electron chi connectivity index (χ1n) is 8.10. The maximum Gasteiger partial charge on any atom is 0.323 e. The lowest BCUT2D eigenvalue weighted by atomic mass is 9.78. The SMILES string of the molecule is CCOC(=O)C(C)N1CCCCC1C1CCCCC1=O. The van der Waals surface area contributed by atoms with Crippen LogP contribution in [0.15, 0.2) is 0 Å². The number of esters is 1. The van der Waals surface area contributed by atoms with E-state index in [0.717, 1.165) is 45.1 Å². The van der Waals surface area contributed by atoms with Gasteiger partial charge in [-0.05, 0) is 46.1 Å². The van der Waals surface area contributed by atoms with Crippen molar-refractivity contribution in [1.29, 1.82) is 0 Å². The van der Waals surface area contributed by atoms with Crippen molar-refractivity contribution in [3.05, 3.63) is 0 Å². The number of hydrogen-bond acceptors (Lipinski definition) is 4. The summed E-state index contributed by atoms with van der Waals surface area (Å²) in [5, 5.41) is 0. The van der Waals surface area contributed by atoms with Gasteiger partial charge in [0, 0.05) is 18.4 Å². The second-order valence-electron chi connectivity index (χ2n) is 6.05. The van der Waals surface area contributed by atoms with Gasteiger partial charge in [-0.15, -0.1) is 0 Å². The van der Waals surface area contributed by atoms with E-state index >= 15 is 0 Å². The van der Waals surface area contributed by atoms with E-state index in [1.807, 2.05) is 13.8 Å². The fraction of sp³-hybridized carbons (Fsp3) is 0.875. The summed E-state index contributed by atoms with van der Waals surface area (Å²) < 4.78 is 5.15. The maximum absolute atomic E-state index is 12.2. The number of rotatable bonds is 4. The van der Waals surface area contributed by atoms with E-state index in [1.165, 1.54) is 6.42 Å². The number of carbonyl (C=O) groups is 2. The highest BCUT2D eigenvalue weighted by Crippen LogP contribution is 2.32. The molecular formula is C16H27NO3. The van der Waals surface area contributed by atoms with Crippen LogP contribution < -0.4 is 0 Å². The molecular weight excluding hydrogens is 254 g/mol. The third kappa shape index (κ3) is 3.40. The summed E-state index contributed by atoms with van der Waals surface area (Å²) in [6.45, 7) is 5.09. The number of likely N-dealkylation sites (tertiary alicyclic amines) is 1. The number of hydrogen-bond donors (Lipinski definition) is 0. The number of nitrogens with zero attached hydrogens (tertiary/aromatic N) is 1. The Kier molecular flexibility index (Phi) is 5.58. The molecule has 1 heterocycles. The molecule has 114 valence electrons. The molecule has 0 aromatic carbocycles. The summed E-state index contributed by atoms with van der Waals surface area (Å²) in [5.41, 5.74) is 0. The van der Waals surface area contributed by atoms with E-state index < -0.39 is 0 Å². The summed E-state index contributed by atoms with van der Waals surface area (Å²) >= 11 is 0. The van der Waals surface area contributed by atoms with Crippen LogP contribution in [0, 0.1) is 5.92 Å². The zero-order chi connectivity index (χ0) is 14.5. The molecule has 2 fully saturated rings. The summed E-state index contributed by atoms with van der Waals surface area (Å²) in [5.74, 6) is 0.396. The molecule has 0 N–H and O–H groups in total. The summed E-state index contributed by atoms with van der Waals surface area (Å²) in [6, 6.07) is 0.0194. The Bertz CT molecular complexity index is 356. The average Bonchev–Trinajstić information content (AvgIpc) is 2.47. The molecule has 1 saturated heterocycles. The van der Waals surface area contributed by atoms with Crippen molar-refractivity contribution in [2.45, 2.75) is 70.9 Å². The second kappa shape index (κ2) is 7.21. The molecule has 2 rings (SSSR count). The second-order valence-corrected chi connectivity index (χ2v) is 6.05. The molecule has 1 aliphatic heterocycles. The van der Waals surface area contributed by atoms with Crippen molar-refractivity contribution in [2.75, 3.05) is 13.2 Å². The van der Waals surface area contributed by atoms with Gasteiger partial charge in [-0.3, -0.25) is 14.5 Å². The Morgan fingerprint density at radius 3 is 2.75 bits per heavy atom. The van der Waals surface area contributed by atoms with E-state index in [9.17, 15) is 9.59 Å². The smallest absolute Gasteiger partial charge is 0.323 e. The lowest BCUT2D eigenvalue weighted by Crippen LogP contribution is -2.53. The normalized spacial score (nSPS) is 30.0. The van der Waals surface area contributed by atoms with E-state index in [1.54, 1.807) is 0 Å². The van der Waals surface area contributed by atoms with Gasteiger partial charge in [-0.2, -0.15) is 0 Å². The van der Waals surface area contributed by atoms with Crippen molar-refractivity contribution in [3.8, 4) is 0 Å². The summed E-state index contributed by atoms with van der Waals surface area (Å²) in [7, 11) is 0. The van der Waals surface area contributed by atoms with Crippen LogP contribution in [0.5, 0.6) is 0 Å². The van der Waals surface area contributed by atoms with Gasteiger partial charge in [0.2, 0.25) is 0 Å². The summed E-state index contributed by atoms with van der Waals surface area (Å²) in [6.07, 6.45) is 7.23. The molecule has 0 aromatic heterocycles. The Morgan fingerprint density at radius 1 is 1.30 bits per heavy atom. The number of Topliss-reactive ketones (excluding diaryl/α,β-unsaturated/α-hetero) is 1. The van der Waals surface area contributed by atoms with Gasteiger partial charge in [-0.25, -0.2) is 0 Å². The first-order valence-corrected chi connectivity index (χ1v) is 8.10. The maximum atomic E-state index is 12.2. The van der Waals surface area contributed by atoms with Crippen LogP contribution in [0.1, 0.15) is 58.8 Å². The van der Waals surface area contributed by atoms with Crippen LogP contribution in [-0.4, -0.2) is 41.9 Å². The van der Waals surface area contributed by atoms with Gasteiger partial charge in [0.1, 0.15) is 11.8 Å². The molecule has 2 aliphatic rings. The average molecular weight is 281 g/mol. The Hall–Kier alpha value is -0.900. The Morgan fingerprint density at radius 2 is 2.05 bits per heavy atom. The molecule has 0 aromatic rings. The number of carbonyl (C=O) groups excluding carboxylic acids is 2. The van der Waals surface area contributed by atoms with E-state index in [-0.39, 0.29) is 24.0 Å². The lowest BCUT2D eigenvalue weighted by molar-refractivity contribution is -0.152. The van der Waals surface area contributed by atoms with E-state index in [2.05, 4.69) is 4.90 Å². The van der Waals surface area contributed by atoms with E-state index in [0.29, 0.717) is 12.4 Å². The molecule has 1 aliphatic carbocycles. The molecule has 3 unspecified atom stereocenters. The van der Waals surface area contributed by atoms with Crippen molar-refractivity contribution < 1.29 is 14.3 Å². The highest BCUT2D eigenvalue weighted by molar-refractivity contribution is 5.82. The third-order valence-electron chi connectivity index (χ3n) is 4.78. The van der Waals surface area contributed by atoms with Crippen molar-refractivity contribution in [2.24, 2.45) is 5.92 Å². The highest BCUT2D eigenvalue weighted by Gasteiger charge is 2.39. The molecule has 1 saturated carbocycles. The van der Waals surface area contributed by atoms with Gasteiger partial charge < -0.3 is 4.74 Å². The minimum atomic E-state index is -0.227. The first-order chi connectivity index (χ1) is 9.65. The standard InChI is InChI=1S/C16H27NO3/c1-3-20-16(19)12(2)17-11-7-6-9-14(17)13-8-4-5-10-15(13)18/h12-14H,3-11H2,1-2H3. The molecule has 4 nitrogen and oxygen atoms in total. The first kappa shape index (κ1) is 15.5. The van der Waals surface area contributed by atoms with Crippen molar-refractivity contribution in [3.63, 3.8) is 0 Å². The fourth-order valence-electron chi connectivity index (χ4n) is 3.71. The van der Waals surface area contributed by atoms with Crippen molar-refractivity contribution >= 4 is 11.8 Å². The van der Waals surface area contributed by atoms with Gasteiger partial charge >= 0.3 is 5.97 Å². The van der Waals surface area contributed by atoms with Crippen LogP contribution in [0.25, 0.3) is 0 Å². The number of ether oxygens (including phenoxy) is 1. The molecule has 4 heteroatoms. The Labute approximate surface area is 121 Å². The van der Waals surface area contributed by atoms with Crippen LogP contribution in [0.4, 0.5) is 0 Å². The van der Waals surface area contributed by atoms with Gasteiger partial charge in [0.15, 0.2) is 0 Å². The monoisotopic (exact) mass is 281 g/mol. The molecule has 3 atom stereocenters. The Balaban J connectivity index is 2.07. The van der Waals surface area contributed by atoms with E-state index in [4.69, 9.17) is 4.74 Å². The molecule has 0 amide bonds. The van der Waals surface area contributed by atoms with Gasteiger partial charge in [0.25, 0.3) is 0 Å². The molecule has 0 radical (unpaired) electrons. The lowest BCUT2D eigenvalue weighted by Gasteiger charge is -2.43. The van der Waals surface area contributed by atoms with Crippen LogP contribution in [0.3, 0.4) is 0 Å². The predicted molar refractivity (Wildman–Crippen MR) is 77.4 cm³/mol. The quantitative estimate of drug-likeness (QED) is 0.743. The zero-order valence-corrected chi connectivity index (χ0v) is 12.8. The minimum Gasteiger partial charge on any atom is -0.465 e. The minimum absolute atomic E-state index is 0.140. The predicted octanol–water partition coefficient (Wildman–Crippen LogP) is 2.55.